The van der Waals surface area contributed by atoms with Crippen LogP contribution in [0.3, 0.4) is 0 Å². The van der Waals surface area contributed by atoms with Gasteiger partial charge in [0.1, 0.15) is 0 Å². The summed E-state index contributed by atoms with van der Waals surface area (Å²) in [4.78, 5) is 26.6. The highest BCUT2D eigenvalue weighted by molar-refractivity contribution is 5.93. The maximum Gasteiger partial charge on any atom is 0.251 e. The van der Waals surface area contributed by atoms with Crippen molar-refractivity contribution in [3.63, 3.8) is 0 Å². The summed E-state index contributed by atoms with van der Waals surface area (Å²) in [6.07, 6.45) is 2.91. The number of hydrogen-bond acceptors (Lipinski definition) is 3. The van der Waals surface area contributed by atoms with Crippen LogP contribution in [0.2, 0.25) is 0 Å². The first-order valence-electron chi connectivity index (χ1n) is 9.66. The molecule has 1 aliphatic heterocycles. The van der Waals surface area contributed by atoms with Gasteiger partial charge in [0.15, 0.2) is 0 Å². The Morgan fingerprint density at radius 1 is 1.11 bits per heavy atom. The lowest BCUT2D eigenvalue weighted by Crippen LogP contribution is -2.38. The number of carbonyl (C=O) groups is 1. The van der Waals surface area contributed by atoms with E-state index < -0.39 is 0 Å². The molecule has 1 amide bonds. The second-order valence-electron chi connectivity index (χ2n) is 7.96. The number of piperidine rings is 1. The van der Waals surface area contributed by atoms with E-state index in [2.05, 4.69) is 42.3 Å². The zero-order chi connectivity index (χ0) is 19.4. The molecule has 5 nitrogen and oxygen atoms in total. The highest BCUT2D eigenvalue weighted by atomic mass is 16.2. The molecule has 27 heavy (non-hydrogen) atoms. The largest absolute Gasteiger partial charge is 0.348 e. The molecule has 2 aromatic rings. The molecule has 0 bridgehead atoms. The molecule has 5 heteroatoms. The standard InChI is InChI=1S/C22H29N3O2/c1-16-10-17(2)14-25(13-16)15-20-7-5-4-6-19(20)12-23-22(27)18-8-9-24(3)21(26)11-18/h4-9,11,16-17H,10,12-15H2,1-3H3,(H,23,27). The first kappa shape index (κ1) is 19.4. The van der Waals surface area contributed by atoms with Gasteiger partial charge in [-0.15, -0.1) is 0 Å². The summed E-state index contributed by atoms with van der Waals surface area (Å²) in [5, 5.41) is 2.95. The summed E-state index contributed by atoms with van der Waals surface area (Å²) < 4.78 is 1.45. The second-order valence-corrected chi connectivity index (χ2v) is 7.96. The zero-order valence-corrected chi connectivity index (χ0v) is 16.4. The lowest BCUT2D eigenvalue weighted by molar-refractivity contribution is 0.0950. The van der Waals surface area contributed by atoms with E-state index in [1.807, 2.05) is 6.07 Å². The Morgan fingerprint density at radius 3 is 2.44 bits per heavy atom. The number of nitrogens with zero attached hydrogens (tertiary/aromatic N) is 2. The van der Waals surface area contributed by atoms with E-state index in [0.717, 1.165) is 37.0 Å². The van der Waals surface area contributed by atoms with Crippen molar-refractivity contribution >= 4 is 5.91 Å². The van der Waals surface area contributed by atoms with Gasteiger partial charge in [0.05, 0.1) is 0 Å². The van der Waals surface area contributed by atoms with Crippen molar-refractivity contribution in [3.05, 3.63) is 69.6 Å². The van der Waals surface area contributed by atoms with E-state index in [0.29, 0.717) is 12.1 Å². The third-order valence-electron chi connectivity index (χ3n) is 5.26. The molecule has 1 N–H and O–H groups in total. The quantitative estimate of drug-likeness (QED) is 0.884. The maximum atomic E-state index is 12.4. The summed E-state index contributed by atoms with van der Waals surface area (Å²) in [6.45, 7) is 8.25. The smallest absolute Gasteiger partial charge is 0.251 e. The fourth-order valence-corrected chi connectivity index (χ4v) is 4.01. The number of aryl methyl sites for hydroxylation is 1. The van der Waals surface area contributed by atoms with Gasteiger partial charge >= 0.3 is 0 Å². The topological polar surface area (TPSA) is 54.3 Å². The van der Waals surface area contributed by atoms with Crippen molar-refractivity contribution < 1.29 is 4.79 Å². The lowest BCUT2D eigenvalue weighted by Gasteiger charge is -2.35. The molecule has 2 unspecified atom stereocenters. The van der Waals surface area contributed by atoms with Crippen LogP contribution in [0.1, 0.15) is 41.8 Å². The van der Waals surface area contributed by atoms with Gasteiger partial charge in [0.2, 0.25) is 0 Å². The van der Waals surface area contributed by atoms with E-state index in [9.17, 15) is 9.59 Å². The second kappa shape index (κ2) is 8.53. The van der Waals surface area contributed by atoms with Crippen LogP contribution in [0.5, 0.6) is 0 Å². The van der Waals surface area contributed by atoms with Crippen LogP contribution in [-0.4, -0.2) is 28.5 Å². The van der Waals surface area contributed by atoms with Crippen molar-refractivity contribution in [1.29, 1.82) is 0 Å². The fourth-order valence-electron chi connectivity index (χ4n) is 4.01. The molecule has 3 rings (SSSR count). The highest BCUT2D eigenvalue weighted by Crippen LogP contribution is 2.23. The molecule has 1 aromatic heterocycles. The summed E-state index contributed by atoms with van der Waals surface area (Å²) in [5.74, 6) is 1.23. The molecule has 0 radical (unpaired) electrons. The van der Waals surface area contributed by atoms with Gasteiger partial charge in [0, 0.05) is 51.1 Å². The van der Waals surface area contributed by atoms with Gasteiger partial charge in [-0.1, -0.05) is 38.1 Å². The van der Waals surface area contributed by atoms with E-state index in [1.54, 1.807) is 19.3 Å². The molecular formula is C22H29N3O2. The molecule has 0 saturated carbocycles. The third kappa shape index (κ3) is 5.07. The number of pyridine rings is 1. The highest BCUT2D eigenvalue weighted by Gasteiger charge is 2.22. The number of amides is 1. The molecule has 1 aromatic carbocycles. The molecule has 0 spiro atoms. The van der Waals surface area contributed by atoms with Crippen molar-refractivity contribution in [3.8, 4) is 0 Å². The van der Waals surface area contributed by atoms with Crippen molar-refractivity contribution in [2.24, 2.45) is 18.9 Å². The summed E-state index contributed by atoms with van der Waals surface area (Å²) in [5.41, 5.74) is 2.59. The summed E-state index contributed by atoms with van der Waals surface area (Å²) in [7, 11) is 1.67. The first-order valence-corrected chi connectivity index (χ1v) is 9.66. The Bertz CT molecular complexity index is 849. The van der Waals surface area contributed by atoms with Gasteiger partial charge in [-0.3, -0.25) is 14.5 Å². The van der Waals surface area contributed by atoms with E-state index >= 15 is 0 Å². The average Bonchev–Trinajstić information content (AvgIpc) is 2.62. The third-order valence-corrected chi connectivity index (χ3v) is 5.26. The summed E-state index contributed by atoms with van der Waals surface area (Å²) in [6, 6.07) is 11.3. The van der Waals surface area contributed by atoms with Gasteiger partial charge in [0.25, 0.3) is 11.5 Å². The fraction of sp³-hybridized carbons (Fsp3) is 0.455. The van der Waals surface area contributed by atoms with Crippen molar-refractivity contribution in [2.75, 3.05) is 13.1 Å². The van der Waals surface area contributed by atoms with Crippen LogP contribution in [0.25, 0.3) is 0 Å². The van der Waals surface area contributed by atoms with Crippen LogP contribution in [0, 0.1) is 11.8 Å². The average molecular weight is 367 g/mol. The first-order chi connectivity index (χ1) is 12.9. The Morgan fingerprint density at radius 2 is 1.78 bits per heavy atom. The molecule has 1 fully saturated rings. The van der Waals surface area contributed by atoms with Crippen LogP contribution < -0.4 is 10.9 Å². The van der Waals surface area contributed by atoms with Gasteiger partial charge in [-0.2, -0.15) is 0 Å². The Labute approximate surface area is 161 Å². The predicted octanol–water partition coefficient (Wildman–Crippen LogP) is 2.79. The van der Waals surface area contributed by atoms with E-state index in [4.69, 9.17) is 0 Å². The van der Waals surface area contributed by atoms with Crippen molar-refractivity contribution in [2.45, 2.75) is 33.4 Å². The minimum absolute atomic E-state index is 0.184. The minimum Gasteiger partial charge on any atom is -0.348 e. The number of likely N-dealkylation sites (tertiary alicyclic amines) is 1. The Balaban J connectivity index is 1.66. The van der Waals surface area contributed by atoms with Crippen LogP contribution in [-0.2, 0) is 20.1 Å². The van der Waals surface area contributed by atoms with Crippen molar-refractivity contribution in [1.82, 2.24) is 14.8 Å². The number of carbonyl (C=O) groups excluding carboxylic acids is 1. The van der Waals surface area contributed by atoms with E-state index in [-0.39, 0.29) is 11.5 Å². The van der Waals surface area contributed by atoms with Gasteiger partial charge in [-0.25, -0.2) is 0 Å². The molecule has 1 saturated heterocycles. The van der Waals surface area contributed by atoms with Gasteiger partial charge < -0.3 is 9.88 Å². The maximum absolute atomic E-state index is 12.4. The molecule has 1 aliphatic rings. The lowest BCUT2D eigenvalue weighted by atomic mass is 9.91. The monoisotopic (exact) mass is 367 g/mol. The molecule has 2 heterocycles. The van der Waals surface area contributed by atoms with Gasteiger partial charge in [-0.05, 0) is 35.4 Å². The Hall–Kier alpha value is -2.40. The predicted molar refractivity (Wildman–Crippen MR) is 108 cm³/mol. The number of aromatic nitrogens is 1. The number of nitrogens with one attached hydrogen (secondary N) is 1. The SMILES string of the molecule is CC1CC(C)CN(Cc2ccccc2CNC(=O)c2ccn(C)c(=O)c2)C1. The normalized spacial score (nSPS) is 20.4. The number of rotatable bonds is 5. The molecule has 144 valence electrons. The molecule has 0 aliphatic carbocycles. The zero-order valence-electron chi connectivity index (χ0n) is 16.4. The van der Waals surface area contributed by atoms with Crippen LogP contribution >= 0.6 is 0 Å². The number of benzene rings is 1. The van der Waals surface area contributed by atoms with Crippen LogP contribution in [0.4, 0.5) is 0 Å². The summed E-state index contributed by atoms with van der Waals surface area (Å²) >= 11 is 0. The van der Waals surface area contributed by atoms with Crippen LogP contribution in [0.15, 0.2) is 47.4 Å². The minimum atomic E-state index is -0.220. The number of hydrogen-bond donors (Lipinski definition) is 1. The Kier molecular flexibility index (Phi) is 6.11. The molecular weight excluding hydrogens is 338 g/mol. The molecule has 2 atom stereocenters. The van der Waals surface area contributed by atoms with E-state index in [1.165, 1.54) is 22.6 Å².